The van der Waals surface area contributed by atoms with E-state index in [0.717, 1.165) is 4.57 Å². The third kappa shape index (κ3) is 3.49. The van der Waals surface area contributed by atoms with Crippen molar-refractivity contribution < 1.29 is 23.4 Å². The quantitative estimate of drug-likeness (QED) is 0.891. The number of imidazole rings is 1. The highest BCUT2D eigenvalue weighted by Gasteiger charge is 2.14. The van der Waals surface area contributed by atoms with Gasteiger partial charge in [-0.15, -0.1) is 0 Å². The third-order valence-corrected chi connectivity index (χ3v) is 2.99. The van der Waals surface area contributed by atoms with Crippen LogP contribution in [0.1, 0.15) is 31.0 Å². The Morgan fingerprint density at radius 3 is 2.76 bits per heavy atom. The zero-order valence-electron chi connectivity index (χ0n) is 11.7. The summed E-state index contributed by atoms with van der Waals surface area (Å²) in [5.74, 6) is 1.02. The van der Waals surface area contributed by atoms with Gasteiger partial charge in [0.15, 0.2) is 5.82 Å². The van der Waals surface area contributed by atoms with Crippen LogP contribution >= 0.6 is 0 Å². The zero-order valence-corrected chi connectivity index (χ0v) is 11.7. The lowest BCUT2D eigenvalue weighted by atomic mass is 10.1. The van der Waals surface area contributed by atoms with Gasteiger partial charge in [0.2, 0.25) is 0 Å². The Morgan fingerprint density at radius 2 is 2.14 bits per heavy atom. The van der Waals surface area contributed by atoms with Crippen LogP contribution in [-0.2, 0) is 6.61 Å². The van der Waals surface area contributed by atoms with E-state index in [-0.39, 0.29) is 12.4 Å². The average molecular weight is 298 g/mol. The normalized spacial score (nSPS) is 12.5. The number of aliphatic hydroxyl groups excluding tert-OH is 1. The second-order valence-electron chi connectivity index (χ2n) is 4.40. The first kappa shape index (κ1) is 15.2. The Kier molecular flexibility index (Phi) is 4.74. The first-order valence-corrected chi connectivity index (χ1v) is 6.31. The van der Waals surface area contributed by atoms with Crippen molar-refractivity contribution in [3.05, 3.63) is 42.0 Å². The van der Waals surface area contributed by atoms with Crippen molar-refractivity contribution in [1.82, 2.24) is 9.55 Å². The summed E-state index contributed by atoms with van der Waals surface area (Å²) in [6, 6.07) is 4.95. The predicted molar refractivity (Wildman–Crippen MR) is 71.4 cm³/mol. The molecular weight excluding hydrogens is 282 g/mol. The molecule has 2 rings (SSSR count). The van der Waals surface area contributed by atoms with E-state index in [0.29, 0.717) is 17.1 Å². The number of ether oxygens (including phenoxy) is 2. The number of hydrogen-bond donors (Lipinski definition) is 1. The molecule has 0 spiro atoms. The van der Waals surface area contributed by atoms with Crippen molar-refractivity contribution in [2.75, 3.05) is 7.11 Å². The van der Waals surface area contributed by atoms with E-state index in [1.807, 2.05) is 0 Å². The summed E-state index contributed by atoms with van der Waals surface area (Å²) in [6.07, 6.45) is 1.72. The van der Waals surface area contributed by atoms with Gasteiger partial charge in [-0.3, -0.25) is 4.57 Å². The molecule has 5 nitrogen and oxygen atoms in total. The Balaban J connectivity index is 2.20. The Hall–Kier alpha value is -2.15. The molecule has 0 radical (unpaired) electrons. The van der Waals surface area contributed by atoms with E-state index in [9.17, 15) is 13.9 Å². The summed E-state index contributed by atoms with van der Waals surface area (Å²) in [4.78, 5) is 3.83. The molecule has 0 fully saturated rings. The average Bonchev–Trinajstić information content (AvgIpc) is 2.93. The van der Waals surface area contributed by atoms with Gasteiger partial charge in [-0.1, -0.05) is 0 Å². The van der Waals surface area contributed by atoms with Crippen LogP contribution in [0.5, 0.6) is 11.5 Å². The topological polar surface area (TPSA) is 56.5 Å². The highest BCUT2D eigenvalue weighted by atomic mass is 19.3. The van der Waals surface area contributed by atoms with E-state index in [2.05, 4.69) is 4.98 Å². The van der Waals surface area contributed by atoms with E-state index in [1.54, 1.807) is 25.1 Å². The van der Waals surface area contributed by atoms with Crippen LogP contribution in [0, 0.1) is 0 Å². The van der Waals surface area contributed by atoms with Gasteiger partial charge in [-0.05, 0) is 19.1 Å². The number of alkyl halides is 2. The van der Waals surface area contributed by atoms with Crippen molar-refractivity contribution >= 4 is 0 Å². The fraction of sp³-hybridized carbons (Fsp3) is 0.357. The monoisotopic (exact) mass is 298 g/mol. The first-order valence-electron chi connectivity index (χ1n) is 6.31. The highest BCUT2D eigenvalue weighted by Crippen LogP contribution is 2.30. The molecular formula is C14H16F2N2O3. The van der Waals surface area contributed by atoms with Gasteiger partial charge in [-0.2, -0.15) is 8.78 Å². The molecule has 7 heteroatoms. The molecule has 0 bridgehead atoms. The van der Waals surface area contributed by atoms with Crippen LogP contribution < -0.4 is 9.47 Å². The fourth-order valence-corrected chi connectivity index (χ4v) is 1.89. The molecule has 1 atom stereocenters. The van der Waals surface area contributed by atoms with Gasteiger partial charge >= 0.3 is 6.55 Å². The molecule has 0 aliphatic heterocycles. The molecule has 1 heterocycles. The van der Waals surface area contributed by atoms with E-state index in [4.69, 9.17) is 9.47 Å². The Labute approximate surface area is 120 Å². The molecule has 21 heavy (non-hydrogen) atoms. The standard InChI is InChI=1S/C14H16F2N2O3/c1-9(19)11-4-3-10(20-2)7-12(11)21-8-13-17-5-6-18(13)14(15)16/h3-7,9,14,19H,8H2,1-2H3. The molecule has 0 aliphatic rings. The summed E-state index contributed by atoms with van der Waals surface area (Å²) in [5.41, 5.74) is 0.547. The summed E-state index contributed by atoms with van der Waals surface area (Å²) in [5, 5.41) is 9.71. The molecule has 0 saturated carbocycles. The number of aromatic nitrogens is 2. The van der Waals surface area contributed by atoms with Crippen LogP contribution in [0.25, 0.3) is 0 Å². The lowest BCUT2D eigenvalue weighted by Gasteiger charge is -2.15. The summed E-state index contributed by atoms with van der Waals surface area (Å²) in [6.45, 7) is -1.22. The summed E-state index contributed by atoms with van der Waals surface area (Å²) >= 11 is 0. The van der Waals surface area contributed by atoms with Crippen LogP contribution in [-0.4, -0.2) is 21.8 Å². The van der Waals surface area contributed by atoms with Crippen molar-refractivity contribution in [3.63, 3.8) is 0 Å². The molecule has 0 aliphatic carbocycles. The van der Waals surface area contributed by atoms with Crippen LogP contribution in [0.3, 0.4) is 0 Å². The molecule has 1 unspecified atom stereocenters. The molecule has 114 valence electrons. The van der Waals surface area contributed by atoms with Gasteiger partial charge in [0.25, 0.3) is 0 Å². The number of aliphatic hydroxyl groups is 1. The van der Waals surface area contributed by atoms with Crippen LogP contribution in [0.4, 0.5) is 8.78 Å². The third-order valence-electron chi connectivity index (χ3n) is 2.99. The van der Waals surface area contributed by atoms with Crippen LogP contribution in [0.15, 0.2) is 30.6 Å². The lowest BCUT2D eigenvalue weighted by Crippen LogP contribution is -2.08. The largest absolute Gasteiger partial charge is 0.497 e. The summed E-state index contributed by atoms with van der Waals surface area (Å²) in [7, 11) is 1.50. The number of hydrogen-bond acceptors (Lipinski definition) is 4. The lowest BCUT2D eigenvalue weighted by molar-refractivity contribution is 0.0630. The maximum Gasteiger partial charge on any atom is 0.320 e. The minimum absolute atomic E-state index is 0.101. The van der Waals surface area contributed by atoms with Gasteiger partial charge in [-0.25, -0.2) is 4.98 Å². The van der Waals surface area contributed by atoms with Gasteiger partial charge in [0, 0.05) is 24.0 Å². The Bertz CT molecular complexity index is 600. The SMILES string of the molecule is COc1ccc(C(C)O)c(OCc2nccn2C(F)F)c1. The van der Waals surface area contributed by atoms with Crippen molar-refractivity contribution in [1.29, 1.82) is 0 Å². The van der Waals surface area contributed by atoms with E-state index >= 15 is 0 Å². The number of nitrogens with zero attached hydrogens (tertiary/aromatic N) is 2. The van der Waals surface area contributed by atoms with E-state index in [1.165, 1.54) is 19.5 Å². The van der Waals surface area contributed by atoms with Crippen molar-refractivity contribution in [2.24, 2.45) is 0 Å². The van der Waals surface area contributed by atoms with Gasteiger partial charge < -0.3 is 14.6 Å². The molecule has 0 amide bonds. The number of methoxy groups -OCH3 is 1. The smallest absolute Gasteiger partial charge is 0.320 e. The van der Waals surface area contributed by atoms with Crippen LogP contribution in [0.2, 0.25) is 0 Å². The number of halogens is 2. The molecule has 1 aromatic heterocycles. The predicted octanol–water partition coefficient (Wildman–Crippen LogP) is 2.92. The number of rotatable bonds is 6. The highest BCUT2D eigenvalue weighted by molar-refractivity contribution is 5.41. The Morgan fingerprint density at radius 1 is 1.38 bits per heavy atom. The molecule has 1 N–H and O–H groups in total. The maximum absolute atomic E-state index is 12.7. The maximum atomic E-state index is 12.7. The number of benzene rings is 1. The molecule has 2 aromatic rings. The first-order chi connectivity index (χ1) is 10.0. The van der Waals surface area contributed by atoms with Crippen molar-refractivity contribution in [3.8, 4) is 11.5 Å². The zero-order chi connectivity index (χ0) is 15.4. The van der Waals surface area contributed by atoms with Gasteiger partial charge in [0.05, 0.1) is 13.2 Å². The summed E-state index contributed by atoms with van der Waals surface area (Å²) < 4.78 is 36.8. The minimum atomic E-state index is -2.67. The van der Waals surface area contributed by atoms with Crippen molar-refractivity contribution in [2.45, 2.75) is 26.2 Å². The second-order valence-corrected chi connectivity index (χ2v) is 4.40. The second kappa shape index (κ2) is 6.53. The fourth-order valence-electron chi connectivity index (χ4n) is 1.89. The molecule has 0 saturated heterocycles. The molecule has 1 aromatic carbocycles. The van der Waals surface area contributed by atoms with Gasteiger partial charge in [0.1, 0.15) is 18.1 Å². The van der Waals surface area contributed by atoms with E-state index < -0.39 is 12.7 Å². The minimum Gasteiger partial charge on any atom is -0.497 e.